The Kier molecular flexibility index (Phi) is 5.72. The first-order valence-corrected chi connectivity index (χ1v) is 10.2. The van der Waals surface area contributed by atoms with Crippen molar-refractivity contribution in [2.24, 2.45) is 0 Å². The van der Waals surface area contributed by atoms with Gasteiger partial charge in [-0.05, 0) is 58.7 Å². The molecular formula is C22H31N3O4. The van der Waals surface area contributed by atoms with Crippen molar-refractivity contribution in [1.82, 2.24) is 10.6 Å². The van der Waals surface area contributed by atoms with Crippen molar-refractivity contribution in [3.63, 3.8) is 0 Å². The van der Waals surface area contributed by atoms with Gasteiger partial charge in [-0.25, -0.2) is 0 Å². The fraction of sp³-hybridized carbons (Fsp3) is 0.591. The Bertz CT molecular complexity index is 815. The molecule has 0 aliphatic carbocycles. The molecule has 29 heavy (non-hydrogen) atoms. The van der Waals surface area contributed by atoms with Crippen molar-refractivity contribution < 1.29 is 19.1 Å². The molecule has 1 aromatic rings. The van der Waals surface area contributed by atoms with Gasteiger partial charge in [0.25, 0.3) is 5.91 Å². The highest BCUT2D eigenvalue weighted by Gasteiger charge is 2.38. The van der Waals surface area contributed by atoms with Crippen LogP contribution < -0.4 is 20.3 Å². The SMILES string of the molecule is CCC(=O)c1ccc2c(c1)N(CC(=O)NC1CC(C)(C)NC(C)(C)C1)C(=O)CO2. The van der Waals surface area contributed by atoms with E-state index in [-0.39, 0.29) is 47.9 Å². The Hall–Kier alpha value is -2.41. The quantitative estimate of drug-likeness (QED) is 0.740. The summed E-state index contributed by atoms with van der Waals surface area (Å²) in [4.78, 5) is 38.7. The summed E-state index contributed by atoms with van der Waals surface area (Å²) in [5.74, 6) is -0.0137. The summed E-state index contributed by atoms with van der Waals surface area (Å²) in [5, 5.41) is 6.69. The van der Waals surface area contributed by atoms with Gasteiger partial charge in [0.2, 0.25) is 5.91 Å². The number of ketones is 1. The number of nitrogens with one attached hydrogen (secondary N) is 2. The van der Waals surface area contributed by atoms with Crippen molar-refractivity contribution in [2.45, 2.75) is 71.0 Å². The van der Waals surface area contributed by atoms with Gasteiger partial charge in [0.05, 0.1) is 5.69 Å². The van der Waals surface area contributed by atoms with Crippen LogP contribution in [0.5, 0.6) is 5.75 Å². The number of anilines is 1. The van der Waals surface area contributed by atoms with E-state index in [2.05, 4.69) is 38.3 Å². The third kappa shape index (κ3) is 4.96. The van der Waals surface area contributed by atoms with E-state index in [1.165, 1.54) is 4.90 Å². The number of carbonyl (C=O) groups is 3. The molecule has 0 atom stereocenters. The van der Waals surface area contributed by atoms with Crippen molar-refractivity contribution in [2.75, 3.05) is 18.1 Å². The molecule has 1 aromatic carbocycles. The average molecular weight is 402 g/mol. The first kappa shape index (κ1) is 21.3. The fourth-order valence-corrected chi connectivity index (χ4v) is 4.59. The molecule has 0 aromatic heterocycles. The van der Waals surface area contributed by atoms with Gasteiger partial charge in [-0.2, -0.15) is 0 Å². The Morgan fingerprint density at radius 2 is 1.86 bits per heavy atom. The number of benzene rings is 1. The number of nitrogens with zero attached hydrogens (tertiary/aromatic N) is 1. The van der Waals surface area contributed by atoms with E-state index >= 15 is 0 Å². The minimum Gasteiger partial charge on any atom is -0.482 e. The second-order valence-electron chi connectivity index (χ2n) is 9.29. The number of rotatable bonds is 5. The van der Waals surface area contributed by atoms with E-state index in [1.54, 1.807) is 25.1 Å². The van der Waals surface area contributed by atoms with Crippen molar-refractivity contribution in [3.05, 3.63) is 23.8 Å². The molecule has 0 unspecified atom stereocenters. The van der Waals surface area contributed by atoms with Crippen LogP contribution in [0.25, 0.3) is 0 Å². The summed E-state index contributed by atoms with van der Waals surface area (Å²) in [6, 6.07) is 5.05. The lowest BCUT2D eigenvalue weighted by molar-refractivity contribution is -0.126. The number of carbonyl (C=O) groups excluding carboxylic acids is 3. The number of hydrogen-bond acceptors (Lipinski definition) is 5. The fourth-order valence-electron chi connectivity index (χ4n) is 4.59. The molecule has 0 radical (unpaired) electrons. The number of amides is 2. The summed E-state index contributed by atoms with van der Waals surface area (Å²) in [6.45, 7) is 10.1. The van der Waals surface area contributed by atoms with Gasteiger partial charge in [-0.15, -0.1) is 0 Å². The van der Waals surface area contributed by atoms with E-state index in [0.717, 1.165) is 12.8 Å². The number of fused-ring (bicyclic) bond motifs is 1. The topological polar surface area (TPSA) is 87.7 Å². The molecule has 2 heterocycles. The van der Waals surface area contributed by atoms with Crippen LogP contribution in [-0.2, 0) is 9.59 Å². The van der Waals surface area contributed by atoms with E-state index in [1.807, 2.05) is 0 Å². The van der Waals surface area contributed by atoms with Gasteiger partial charge in [0.15, 0.2) is 12.4 Å². The summed E-state index contributed by atoms with van der Waals surface area (Å²) >= 11 is 0. The molecule has 7 heteroatoms. The molecule has 2 aliphatic rings. The lowest BCUT2D eigenvalue weighted by atomic mass is 9.79. The van der Waals surface area contributed by atoms with Crippen molar-refractivity contribution in [3.8, 4) is 5.75 Å². The second-order valence-corrected chi connectivity index (χ2v) is 9.29. The van der Waals surface area contributed by atoms with E-state index in [0.29, 0.717) is 23.4 Å². The van der Waals surface area contributed by atoms with Gasteiger partial charge in [0, 0.05) is 29.1 Å². The Morgan fingerprint density at radius 1 is 1.21 bits per heavy atom. The monoisotopic (exact) mass is 401 g/mol. The number of ether oxygens (including phenoxy) is 1. The van der Waals surface area contributed by atoms with Crippen molar-refractivity contribution >= 4 is 23.3 Å². The molecule has 3 rings (SSSR count). The van der Waals surface area contributed by atoms with Crippen molar-refractivity contribution in [1.29, 1.82) is 0 Å². The molecule has 0 spiro atoms. The molecule has 158 valence electrons. The molecule has 2 amide bonds. The van der Waals surface area contributed by atoms with Crippen LogP contribution in [0.3, 0.4) is 0 Å². The summed E-state index contributed by atoms with van der Waals surface area (Å²) in [6.07, 6.45) is 1.99. The smallest absolute Gasteiger partial charge is 0.265 e. The van der Waals surface area contributed by atoms with E-state index < -0.39 is 0 Å². The summed E-state index contributed by atoms with van der Waals surface area (Å²) < 4.78 is 5.48. The minimum atomic E-state index is -0.292. The van der Waals surface area contributed by atoms with Crippen LogP contribution in [0.15, 0.2) is 18.2 Å². The maximum Gasteiger partial charge on any atom is 0.265 e. The predicted molar refractivity (Wildman–Crippen MR) is 111 cm³/mol. The molecular weight excluding hydrogens is 370 g/mol. The second kappa shape index (κ2) is 7.78. The zero-order chi connectivity index (χ0) is 21.4. The molecule has 1 saturated heterocycles. The highest BCUT2D eigenvalue weighted by molar-refractivity contribution is 6.04. The van der Waals surface area contributed by atoms with Crippen LogP contribution in [0, 0.1) is 0 Å². The molecule has 7 nitrogen and oxygen atoms in total. The first-order chi connectivity index (χ1) is 13.5. The highest BCUT2D eigenvalue weighted by atomic mass is 16.5. The van der Waals surface area contributed by atoms with Crippen LogP contribution in [-0.4, -0.2) is 47.9 Å². The van der Waals surface area contributed by atoms with Crippen LogP contribution in [0.2, 0.25) is 0 Å². The normalized spacial score (nSPS) is 20.6. The molecule has 2 N–H and O–H groups in total. The third-order valence-corrected chi connectivity index (χ3v) is 5.40. The number of hydrogen-bond donors (Lipinski definition) is 2. The van der Waals surface area contributed by atoms with E-state index in [9.17, 15) is 14.4 Å². The Balaban J connectivity index is 1.75. The number of piperidine rings is 1. The predicted octanol–water partition coefficient (Wildman–Crippen LogP) is 2.43. The van der Waals surface area contributed by atoms with Gasteiger partial charge in [0.1, 0.15) is 12.3 Å². The minimum absolute atomic E-state index is 0.0191. The van der Waals surface area contributed by atoms with Crippen LogP contribution in [0.4, 0.5) is 5.69 Å². The lowest BCUT2D eigenvalue weighted by Gasteiger charge is -2.46. The largest absolute Gasteiger partial charge is 0.482 e. The van der Waals surface area contributed by atoms with Gasteiger partial charge >= 0.3 is 0 Å². The standard InChI is InChI=1S/C22H31N3O4/c1-6-17(26)14-7-8-18-16(9-14)25(20(28)13-29-18)12-19(27)23-15-10-21(2,3)24-22(4,5)11-15/h7-9,15,24H,6,10-13H2,1-5H3,(H,23,27). The molecule has 2 aliphatic heterocycles. The maximum absolute atomic E-state index is 12.8. The van der Waals surface area contributed by atoms with Crippen LogP contribution in [0.1, 0.15) is 64.2 Å². The number of Topliss-reactive ketones (excluding diaryl/α,β-unsaturated/α-hetero) is 1. The third-order valence-electron chi connectivity index (χ3n) is 5.40. The van der Waals surface area contributed by atoms with Gasteiger partial charge in [-0.1, -0.05) is 6.92 Å². The maximum atomic E-state index is 12.8. The van der Waals surface area contributed by atoms with Gasteiger partial charge in [-0.3, -0.25) is 19.3 Å². The average Bonchev–Trinajstić information content (AvgIpc) is 2.60. The summed E-state index contributed by atoms with van der Waals surface area (Å²) in [5.41, 5.74) is 0.811. The lowest BCUT2D eigenvalue weighted by Crippen LogP contribution is -2.62. The molecule has 1 fully saturated rings. The van der Waals surface area contributed by atoms with Crippen LogP contribution >= 0.6 is 0 Å². The zero-order valence-corrected chi connectivity index (χ0v) is 17.9. The molecule has 0 saturated carbocycles. The Labute approximate surface area is 172 Å². The summed E-state index contributed by atoms with van der Waals surface area (Å²) in [7, 11) is 0. The molecule has 0 bridgehead atoms. The Morgan fingerprint density at radius 3 is 2.48 bits per heavy atom. The first-order valence-electron chi connectivity index (χ1n) is 10.2. The highest BCUT2D eigenvalue weighted by Crippen LogP contribution is 2.33. The van der Waals surface area contributed by atoms with Gasteiger partial charge < -0.3 is 15.4 Å². The van der Waals surface area contributed by atoms with E-state index in [4.69, 9.17) is 4.74 Å². The zero-order valence-electron chi connectivity index (χ0n) is 17.9.